The number of aliphatic hydroxyl groups is 1. The zero-order valence-electron chi connectivity index (χ0n) is 9.73. The first-order chi connectivity index (χ1) is 8.08. The lowest BCUT2D eigenvalue weighted by molar-refractivity contribution is 0.0576. The molecule has 0 spiro atoms. The topological polar surface area (TPSA) is 20.2 Å². The third kappa shape index (κ3) is 3.18. The molecule has 0 heterocycles. The highest BCUT2D eigenvalue weighted by molar-refractivity contribution is 9.10. The summed E-state index contributed by atoms with van der Waals surface area (Å²) in [5, 5.41) is 10.5. The molecule has 1 atom stereocenters. The van der Waals surface area contributed by atoms with E-state index in [1.54, 1.807) is 0 Å². The van der Waals surface area contributed by atoms with Crippen LogP contribution in [0.25, 0.3) is 0 Å². The van der Waals surface area contributed by atoms with Crippen molar-refractivity contribution in [3.63, 3.8) is 0 Å². The number of halogens is 1. The molecule has 0 radical (unpaired) electrons. The molecule has 2 aromatic rings. The second-order valence-electron chi connectivity index (χ2n) is 4.44. The summed E-state index contributed by atoms with van der Waals surface area (Å²) >= 11 is 3.40. The number of rotatable bonds is 3. The second kappa shape index (κ2) is 5.03. The van der Waals surface area contributed by atoms with Crippen LogP contribution >= 0.6 is 15.9 Å². The second-order valence-corrected chi connectivity index (χ2v) is 5.36. The maximum Gasteiger partial charge on any atom is 0.0908 e. The predicted octanol–water partition coefficient (Wildman–Crippen LogP) is 3.90. The molecule has 0 fully saturated rings. The van der Waals surface area contributed by atoms with Gasteiger partial charge in [-0.3, -0.25) is 0 Å². The molecular formula is C15H15BrO. The van der Waals surface area contributed by atoms with Gasteiger partial charge in [0.2, 0.25) is 0 Å². The first kappa shape index (κ1) is 12.3. The molecule has 17 heavy (non-hydrogen) atoms. The quantitative estimate of drug-likeness (QED) is 0.909. The Kier molecular flexibility index (Phi) is 3.65. The normalized spacial score (nSPS) is 14.3. The van der Waals surface area contributed by atoms with Crippen molar-refractivity contribution in [3.8, 4) is 0 Å². The summed E-state index contributed by atoms with van der Waals surface area (Å²) in [5.74, 6) is 0. The molecule has 88 valence electrons. The lowest BCUT2D eigenvalue weighted by Crippen LogP contribution is -2.24. The van der Waals surface area contributed by atoms with E-state index >= 15 is 0 Å². The van der Waals surface area contributed by atoms with E-state index in [0.29, 0.717) is 6.42 Å². The van der Waals surface area contributed by atoms with Crippen LogP contribution in [0, 0.1) is 0 Å². The fraction of sp³-hybridized carbons (Fsp3) is 0.200. The Labute approximate surface area is 110 Å². The molecule has 0 bridgehead atoms. The monoisotopic (exact) mass is 290 g/mol. The Morgan fingerprint density at radius 1 is 1.00 bits per heavy atom. The molecule has 2 rings (SSSR count). The minimum atomic E-state index is -0.831. The largest absolute Gasteiger partial charge is 0.385 e. The molecule has 0 aliphatic carbocycles. The highest BCUT2D eigenvalue weighted by Crippen LogP contribution is 2.26. The fourth-order valence-electron chi connectivity index (χ4n) is 1.90. The van der Waals surface area contributed by atoms with E-state index < -0.39 is 5.60 Å². The Hall–Kier alpha value is -1.12. The van der Waals surface area contributed by atoms with Crippen LogP contribution in [0.4, 0.5) is 0 Å². The van der Waals surface area contributed by atoms with Gasteiger partial charge in [-0.2, -0.15) is 0 Å². The molecular weight excluding hydrogens is 276 g/mol. The Morgan fingerprint density at radius 2 is 1.59 bits per heavy atom. The van der Waals surface area contributed by atoms with Crippen LogP contribution in [0.1, 0.15) is 18.1 Å². The number of hydrogen-bond donors (Lipinski definition) is 1. The van der Waals surface area contributed by atoms with E-state index in [4.69, 9.17) is 0 Å². The van der Waals surface area contributed by atoms with E-state index in [1.807, 2.05) is 61.5 Å². The Balaban J connectivity index is 2.21. The van der Waals surface area contributed by atoms with Gasteiger partial charge in [0.1, 0.15) is 0 Å². The molecule has 0 amide bonds. The van der Waals surface area contributed by atoms with Crippen molar-refractivity contribution in [2.24, 2.45) is 0 Å². The van der Waals surface area contributed by atoms with Gasteiger partial charge in [-0.05, 0) is 30.2 Å². The van der Waals surface area contributed by atoms with Crippen molar-refractivity contribution in [1.29, 1.82) is 0 Å². The van der Waals surface area contributed by atoms with E-state index in [1.165, 1.54) is 0 Å². The third-order valence-corrected chi connectivity index (χ3v) is 3.39. The van der Waals surface area contributed by atoms with Crippen LogP contribution in [0.15, 0.2) is 59.1 Å². The molecule has 2 aromatic carbocycles. The third-order valence-electron chi connectivity index (χ3n) is 2.86. The van der Waals surface area contributed by atoms with Crippen LogP contribution in [0.5, 0.6) is 0 Å². The summed E-state index contributed by atoms with van der Waals surface area (Å²) in [6.45, 7) is 1.85. The molecule has 1 N–H and O–H groups in total. The molecule has 0 aliphatic heterocycles. The molecule has 1 nitrogen and oxygen atoms in total. The summed E-state index contributed by atoms with van der Waals surface area (Å²) in [6.07, 6.45) is 0.621. The van der Waals surface area contributed by atoms with Crippen molar-refractivity contribution >= 4 is 15.9 Å². The van der Waals surface area contributed by atoms with Crippen molar-refractivity contribution in [3.05, 3.63) is 70.2 Å². The number of hydrogen-bond acceptors (Lipinski definition) is 1. The minimum Gasteiger partial charge on any atom is -0.385 e. The summed E-state index contributed by atoms with van der Waals surface area (Å²) in [4.78, 5) is 0. The van der Waals surface area contributed by atoms with Gasteiger partial charge in [-0.25, -0.2) is 0 Å². The summed E-state index contributed by atoms with van der Waals surface area (Å²) < 4.78 is 1.02. The van der Waals surface area contributed by atoms with Gasteiger partial charge in [-0.15, -0.1) is 0 Å². The van der Waals surface area contributed by atoms with Gasteiger partial charge in [0, 0.05) is 10.9 Å². The van der Waals surface area contributed by atoms with E-state index in [-0.39, 0.29) is 0 Å². The van der Waals surface area contributed by atoms with E-state index in [9.17, 15) is 5.11 Å². The van der Waals surface area contributed by atoms with Crippen molar-refractivity contribution in [2.45, 2.75) is 18.9 Å². The lowest BCUT2D eigenvalue weighted by atomic mass is 9.89. The van der Waals surface area contributed by atoms with Crippen molar-refractivity contribution in [2.75, 3.05) is 0 Å². The van der Waals surface area contributed by atoms with Crippen LogP contribution in [0.3, 0.4) is 0 Å². The lowest BCUT2D eigenvalue weighted by Gasteiger charge is -2.24. The van der Waals surface area contributed by atoms with E-state index in [2.05, 4.69) is 15.9 Å². The van der Waals surface area contributed by atoms with Crippen LogP contribution in [-0.4, -0.2) is 5.11 Å². The first-order valence-corrected chi connectivity index (χ1v) is 6.39. The van der Waals surface area contributed by atoms with Crippen LogP contribution < -0.4 is 0 Å². The molecule has 0 aromatic heterocycles. The van der Waals surface area contributed by atoms with Crippen LogP contribution in [-0.2, 0) is 12.0 Å². The van der Waals surface area contributed by atoms with Gasteiger partial charge in [0.25, 0.3) is 0 Å². The van der Waals surface area contributed by atoms with Gasteiger partial charge >= 0.3 is 0 Å². The fourth-order valence-corrected chi connectivity index (χ4v) is 2.17. The SMILES string of the molecule is CC(O)(Cc1ccccc1)c1ccc(Br)cc1. The Bertz CT molecular complexity index is 474. The molecule has 0 saturated heterocycles. The summed E-state index contributed by atoms with van der Waals surface area (Å²) in [6, 6.07) is 17.8. The Morgan fingerprint density at radius 3 is 2.18 bits per heavy atom. The van der Waals surface area contributed by atoms with E-state index in [0.717, 1.165) is 15.6 Å². The van der Waals surface area contributed by atoms with Gasteiger partial charge < -0.3 is 5.11 Å². The highest BCUT2D eigenvalue weighted by Gasteiger charge is 2.23. The molecule has 1 unspecified atom stereocenters. The van der Waals surface area contributed by atoms with Gasteiger partial charge in [0.15, 0.2) is 0 Å². The maximum atomic E-state index is 10.5. The minimum absolute atomic E-state index is 0.621. The molecule has 0 saturated carbocycles. The molecule has 2 heteroatoms. The maximum absolute atomic E-state index is 10.5. The van der Waals surface area contributed by atoms with Gasteiger partial charge in [-0.1, -0.05) is 58.4 Å². The summed E-state index contributed by atoms with van der Waals surface area (Å²) in [5.41, 5.74) is 1.24. The van der Waals surface area contributed by atoms with Crippen LogP contribution in [0.2, 0.25) is 0 Å². The molecule has 0 aliphatic rings. The standard InChI is InChI=1S/C15H15BrO/c1-15(17,11-12-5-3-2-4-6-12)13-7-9-14(16)10-8-13/h2-10,17H,11H2,1H3. The average Bonchev–Trinajstić information content (AvgIpc) is 2.30. The average molecular weight is 291 g/mol. The smallest absolute Gasteiger partial charge is 0.0908 e. The van der Waals surface area contributed by atoms with Crippen molar-refractivity contribution < 1.29 is 5.11 Å². The van der Waals surface area contributed by atoms with Crippen molar-refractivity contribution in [1.82, 2.24) is 0 Å². The zero-order valence-corrected chi connectivity index (χ0v) is 11.3. The van der Waals surface area contributed by atoms with Gasteiger partial charge in [0.05, 0.1) is 5.60 Å². The first-order valence-electron chi connectivity index (χ1n) is 5.60. The summed E-state index contributed by atoms with van der Waals surface area (Å²) in [7, 11) is 0. The highest BCUT2D eigenvalue weighted by atomic mass is 79.9. The number of benzene rings is 2. The predicted molar refractivity (Wildman–Crippen MR) is 73.9 cm³/mol. The zero-order chi connectivity index (χ0) is 12.3.